The lowest BCUT2D eigenvalue weighted by molar-refractivity contribution is -0.141. The summed E-state index contributed by atoms with van der Waals surface area (Å²) in [5.41, 5.74) is -0.798. The van der Waals surface area contributed by atoms with Gasteiger partial charge in [0.2, 0.25) is 0 Å². The number of hydrogen-bond acceptors (Lipinski definition) is 3. The SMILES string of the molecule is CNCc1sc(CC(C)(C)C)nc1C(F)(F)F. The van der Waals surface area contributed by atoms with Gasteiger partial charge in [0.15, 0.2) is 5.69 Å². The highest BCUT2D eigenvalue weighted by molar-refractivity contribution is 7.11. The van der Waals surface area contributed by atoms with Crippen molar-refractivity contribution in [1.82, 2.24) is 10.3 Å². The first-order valence-corrected chi connectivity index (χ1v) is 6.15. The van der Waals surface area contributed by atoms with Crippen LogP contribution >= 0.6 is 11.3 Å². The van der Waals surface area contributed by atoms with Crippen LogP contribution in [0.4, 0.5) is 13.2 Å². The number of nitrogens with one attached hydrogen (secondary N) is 1. The first-order valence-electron chi connectivity index (χ1n) is 5.34. The zero-order valence-electron chi connectivity index (χ0n) is 10.4. The minimum Gasteiger partial charge on any atom is -0.315 e. The van der Waals surface area contributed by atoms with Gasteiger partial charge in [-0.3, -0.25) is 0 Å². The Morgan fingerprint density at radius 3 is 2.24 bits per heavy atom. The third kappa shape index (κ3) is 4.27. The Balaban J connectivity index is 3.04. The predicted octanol–water partition coefficient (Wildman–Crippen LogP) is 3.47. The molecule has 0 saturated carbocycles. The molecule has 6 heteroatoms. The van der Waals surface area contributed by atoms with Crippen LogP contribution in [0.3, 0.4) is 0 Å². The second kappa shape index (κ2) is 4.94. The molecule has 0 bridgehead atoms. The summed E-state index contributed by atoms with van der Waals surface area (Å²) in [6.07, 6.45) is -3.80. The average Bonchev–Trinajstić information content (AvgIpc) is 2.44. The molecule has 17 heavy (non-hydrogen) atoms. The summed E-state index contributed by atoms with van der Waals surface area (Å²) in [5, 5.41) is 3.29. The van der Waals surface area contributed by atoms with E-state index >= 15 is 0 Å². The lowest BCUT2D eigenvalue weighted by Crippen LogP contribution is -2.13. The maximum atomic E-state index is 12.7. The van der Waals surface area contributed by atoms with Crippen molar-refractivity contribution in [2.45, 2.75) is 39.9 Å². The van der Waals surface area contributed by atoms with E-state index in [9.17, 15) is 13.2 Å². The molecule has 1 rings (SSSR count). The quantitative estimate of drug-likeness (QED) is 0.906. The number of rotatable bonds is 3. The first kappa shape index (κ1) is 14.4. The van der Waals surface area contributed by atoms with Gasteiger partial charge >= 0.3 is 6.18 Å². The lowest BCUT2D eigenvalue weighted by Gasteiger charge is -2.15. The molecule has 1 aromatic heterocycles. The molecule has 0 aliphatic heterocycles. The van der Waals surface area contributed by atoms with Crippen molar-refractivity contribution in [2.24, 2.45) is 5.41 Å². The van der Waals surface area contributed by atoms with Crippen LogP contribution in [0.25, 0.3) is 0 Å². The molecule has 0 atom stereocenters. The van der Waals surface area contributed by atoms with E-state index in [1.807, 2.05) is 20.8 Å². The Kier molecular flexibility index (Phi) is 4.19. The summed E-state index contributed by atoms with van der Waals surface area (Å²) < 4.78 is 38.2. The lowest BCUT2D eigenvalue weighted by atomic mass is 9.93. The molecule has 0 aliphatic carbocycles. The summed E-state index contributed by atoms with van der Waals surface area (Å²) in [5.74, 6) is 0. The van der Waals surface area contributed by atoms with Crippen LogP contribution in [0, 0.1) is 5.41 Å². The normalized spacial score (nSPS) is 13.1. The molecule has 0 aromatic carbocycles. The number of aromatic nitrogens is 1. The van der Waals surface area contributed by atoms with Crippen LogP contribution in [0.2, 0.25) is 0 Å². The molecule has 1 aromatic rings. The largest absolute Gasteiger partial charge is 0.434 e. The van der Waals surface area contributed by atoms with Crippen molar-refractivity contribution in [3.05, 3.63) is 15.6 Å². The average molecular weight is 266 g/mol. The molecule has 0 saturated heterocycles. The van der Waals surface area contributed by atoms with Gasteiger partial charge in [-0.1, -0.05) is 20.8 Å². The van der Waals surface area contributed by atoms with E-state index in [1.165, 1.54) is 0 Å². The van der Waals surface area contributed by atoms with E-state index in [1.54, 1.807) is 7.05 Å². The maximum Gasteiger partial charge on any atom is 0.434 e. The molecule has 0 unspecified atom stereocenters. The van der Waals surface area contributed by atoms with Gasteiger partial charge in [-0.2, -0.15) is 13.2 Å². The van der Waals surface area contributed by atoms with Gasteiger partial charge in [0.25, 0.3) is 0 Å². The van der Waals surface area contributed by atoms with Gasteiger partial charge in [-0.15, -0.1) is 11.3 Å². The Morgan fingerprint density at radius 1 is 1.24 bits per heavy atom. The van der Waals surface area contributed by atoms with E-state index in [0.717, 1.165) is 11.3 Å². The summed E-state index contributed by atoms with van der Waals surface area (Å²) in [6, 6.07) is 0. The monoisotopic (exact) mass is 266 g/mol. The third-order valence-corrected chi connectivity index (χ3v) is 3.08. The predicted molar refractivity (Wildman–Crippen MR) is 63.0 cm³/mol. The van der Waals surface area contributed by atoms with E-state index in [2.05, 4.69) is 10.3 Å². The van der Waals surface area contributed by atoms with Crippen molar-refractivity contribution in [2.75, 3.05) is 7.05 Å². The zero-order chi connectivity index (χ0) is 13.3. The molecule has 0 fully saturated rings. The topological polar surface area (TPSA) is 24.9 Å². The minimum absolute atomic E-state index is 0.0579. The van der Waals surface area contributed by atoms with Gasteiger partial charge in [-0.05, 0) is 12.5 Å². The first-order chi connectivity index (χ1) is 7.63. The Hall–Kier alpha value is -0.620. The summed E-state index contributed by atoms with van der Waals surface area (Å²) in [6.45, 7) is 6.16. The fraction of sp³-hybridized carbons (Fsp3) is 0.727. The molecule has 0 spiro atoms. The molecule has 0 radical (unpaired) electrons. The van der Waals surface area contributed by atoms with Crippen LogP contribution < -0.4 is 5.32 Å². The minimum atomic E-state index is -4.36. The van der Waals surface area contributed by atoms with Gasteiger partial charge in [0.05, 0.1) is 9.88 Å². The molecule has 1 heterocycles. The van der Waals surface area contributed by atoms with Gasteiger partial charge < -0.3 is 5.32 Å². The summed E-state index contributed by atoms with van der Waals surface area (Å²) in [7, 11) is 1.63. The molecule has 0 aliphatic rings. The standard InChI is InChI=1S/C11H17F3N2S/c1-10(2,3)5-8-16-9(11(12,13)14)7(17-8)6-15-4/h15H,5-6H2,1-4H3. The van der Waals surface area contributed by atoms with Crippen LogP contribution in [-0.2, 0) is 19.1 Å². The van der Waals surface area contributed by atoms with Crippen molar-refractivity contribution in [3.8, 4) is 0 Å². The number of nitrogens with zero attached hydrogens (tertiary/aromatic N) is 1. The Bertz CT molecular complexity index is 377. The molecule has 0 amide bonds. The third-order valence-electron chi connectivity index (χ3n) is 2.03. The highest BCUT2D eigenvalue weighted by Gasteiger charge is 2.37. The van der Waals surface area contributed by atoms with E-state index in [-0.39, 0.29) is 16.8 Å². The van der Waals surface area contributed by atoms with Gasteiger partial charge in [-0.25, -0.2) is 4.98 Å². The fourth-order valence-electron chi connectivity index (χ4n) is 1.43. The van der Waals surface area contributed by atoms with Gasteiger partial charge in [0, 0.05) is 13.0 Å². The van der Waals surface area contributed by atoms with Crippen LogP contribution in [-0.4, -0.2) is 12.0 Å². The second-order valence-corrected chi connectivity index (χ2v) is 6.31. The van der Waals surface area contributed by atoms with Crippen LogP contribution in [0.1, 0.15) is 36.3 Å². The van der Waals surface area contributed by atoms with Crippen LogP contribution in [0.15, 0.2) is 0 Å². The van der Waals surface area contributed by atoms with Crippen molar-refractivity contribution in [1.29, 1.82) is 0 Å². The summed E-state index contributed by atoms with van der Waals surface area (Å²) in [4.78, 5) is 4.00. The van der Waals surface area contributed by atoms with Crippen molar-refractivity contribution >= 4 is 11.3 Å². The summed E-state index contributed by atoms with van der Waals surface area (Å²) >= 11 is 1.14. The molecule has 2 nitrogen and oxygen atoms in total. The number of hydrogen-bond donors (Lipinski definition) is 1. The van der Waals surface area contributed by atoms with E-state index < -0.39 is 11.9 Å². The molecule has 1 N–H and O–H groups in total. The van der Waals surface area contributed by atoms with Crippen molar-refractivity contribution in [3.63, 3.8) is 0 Å². The van der Waals surface area contributed by atoms with Crippen molar-refractivity contribution < 1.29 is 13.2 Å². The number of thiazole rings is 1. The smallest absolute Gasteiger partial charge is 0.315 e. The number of alkyl halides is 3. The Labute approximate surface area is 103 Å². The molecular weight excluding hydrogens is 249 g/mol. The van der Waals surface area contributed by atoms with E-state index in [4.69, 9.17) is 0 Å². The Morgan fingerprint density at radius 2 is 1.82 bits per heavy atom. The maximum absolute atomic E-state index is 12.7. The zero-order valence-corrected chi connectivity index (χ0v) is 11.2. The van der Waals surface area contributed by atoms with Gasteiger partial charge in [0.1, 0.15) is 0 Å². The van der Waals surface area contributed by atoms with Crippen LogP contribution in [0.5, 0.6) is 0 Å². The highest BCUT2D eigenvalue weighted by Crippen LogP contribution is 2.35. The highest BCUT2D eigenvalue weighted by atomic mass is 32.1. The molecular formula is C11H17F3N2S. The molecule has 98 valence electrons. The fourth-order valence-corrected chi connectivity index (χ4v) is 2.83. The van der Waals surface area contributed by atoms with E-state index in [0.29, 0.717) is 11.4 Å². The second-order valence-electron chi connectivity index (χ2n) is 5.14. The number of halogens is 3.